The lowest BCUT2D eigenvalue weighted by Gasteiger charge is -2.15. The van der Waals surface area contributed by atoms with Gasteiger partial charge in [0.25, 0.3) is 0 Å². The van der Waals surface area contributed by atoms with Gasteiger partial charge >= 0.3 is 0 Å². The Kier molecular flexibility index (Phi) is 4.51. The number of hydrogen-bond acceptors (Lipinski definition) is 2. The summed E-state index contributed by atoms with van der Waals surface area (Å²) in [6.45, 7) is 3.93. The number of halogens is 1. The first kappa shape index (κ1) is 14.1. The van der Waals surface area contributed by atoms with E-state index in [1.54, 1.807) is 6.07 Å². The van der Waals surface area contributed by atoms with Crippen LogP contribution in [0.4, 0.5) is 10.1 Å². The molecule has 0 radical (unpaired) electrons. The van der Waals surface area contributed by atoms with E-state index in [1.807, 2.05) is 18.2 Å². The Balaban J connectivity index is 1.61. The van der Waals surface area contributed by atoms with Crippen LogP contribution in [0.5, 0.6) is 0 Å². The zero-order chi connectivity index (χ0) is 14.5. The second-order valence-corrected chi connectivity index (χ2v) is 5.63. The number of hydrogen-bond donors (Lipinski definition) is 1. The third-order valence-corrected chi connectivity index (χ3v) is 3.97. The minimum Gasteiger partial charge on any atom is -0.381 e. The fourth-order valence-electron chi connectivity index (χ4n) is 2.82. The van der Waals surface area contributed by atoms with Crippen molar-refractivity contribution in [1.82, 2.24) is 4.90 Å². The van der Waals surface area contributed by atoms with E-state index >= 15 is 0 Å². The van der Waals surface area contributed by atoms with Gasteiger partial charge in [-0.25, -0.2) is 4.39 Å². The van der Waals surface area contributed by atoms with Crippen LogP contribution in [0.2, 0.25) is 0 Å². The van der Waals surface area contributed by atoms with Crippen LogP contribution in [0.25, 0.3) is 0 Å². The van der Waals surface area contributed by atoms with Crippen LogP contribution in [0.15, 0.2) is 48.5 Å². The molecular formula is C18H21FN2. The molecule has 21 heavy (non-hydrogen) atoms. The van der Waals surface area contributed by atoms with E-state index in [9.17, 15) is 4.39 Å². The van der Waals surface area contributed by atoms with Gasteiger partial charge in [-0.1, -0.05) is 30.3 Å². The van der Waals surface area contributed by atoms with Gasteiger partial charge < -0.3 is 5.32 Å². The van der Waals surface area contributed by atoms with E-state index in [1.165, 1.54) is 37.6 Å². The monoisotopic (exact) mass is 284 g/mol. The molecule has 0 unspecified atom stereocenters. The predicted octanol–water partition coefficient (Wildman–Crippen LogP) is 4.03. The number of nitrogens with zero attached hydrogens (tertiary/aromatic N) is 1. The Morgan fingerprint density at radius 3 is 2.62 bits per heavy atom. The van der Waals surface area contributed by atoms with Crippen molar-refractivity contribution in [3.63, 3.8) is 0 Å². The summed E-state index contributed by atoms with van der Waals surface area (Å²) < 4.78 is 13.6. The second-order valence-electron chi connectivity index (χ2n) is 5.63. The summed E-state index contributed by atoms with van der Waals surface area (Å²) in [6.07, 6.45) is 2.62. The molecule has 1 aliphatic heterocycles. The van der Waals surface area contributed by atoms with Crippen molar-refractivity contribution in [2.45, 2.75) is 25.9 Å². The maximum absolute atomic E-state index is 13.6. The summed E-state index contributed by atoms with van der Waals surface area (Å²) in [7, 11) is 0. The average molecular weight is 284 g/mol. The molecule has 1 heterocycles. The molecule has 1 aliphatic rings. The molecule has 1 N–H and O–H groups in total. The zero-order valence-corrected chi connectivity index (χ0v) is 12.2. The van der Waals surface area contributed by atoms with E-state index < -0.39 is 0 Å². The lowest BCUT2D eigenvalue weighted by molar-refractivity contribution is 0.331. The summed E-state index contributed by atoms with van der Waals surface area (Å²) >= 11 is 0. The smallest absolute Gasteiger partial charge is 0.128 e. The van der Waals surface area contributed by atoms with Crippen molar-refractivity contribution >= 4 is 5.69 Å². The molecule has 0 aliphatic carbocycles. The molecule has 0 amide bonds. The number of nitrogens with one attached hydrogen (secondary N) is 1. The highest BCUT2D eigenvalue weighted by Gasteiger charge is 2.11. The highest BCUT2D eigenvalue weighted by Crippen LogP contribution is 2.17. The fourth-order valence-corrected chi connectivity index (χ4v) is 2.82. The number of likely N-dealkylation sites (tertiary alicyclic amines) is 1. The van der Waals surface area contributed by atoms with Gasteiger partial charge in [0.2, 0.25) is 0 Å². The van der Waals surface area contributed by atoms with Gasteiger partial charge in [-0.3, -0.25) is 4.90 Å². The SMILES string of the molecule is Fc1ccccc1CNc1cccc(CN2CCCC2)c1. The fraction of sp³-hybridized carbons (Fsp3) is 0.333. The summed E-state index contributed by atoms with van der Waals surface area (Å²) in [5, 5.41) is 3.31. The van der Waals surface area contributed by atoms with Gasteiger partial charge in [0, 0.05) is 24.3 Å². The standard InChI is InChI=1S/C18H21FN2/c19-18-9-2-1-7-16(18)13-20-17-8-5-6-15(12-17)14-21-10-3-4-11-21/h1-2,5-9,12,20H,3-4,10-11,13-14H2. The molecule has 1 saturated heterocycles. The average Bonchev–Trinajstić information content (AvgIpc) is 3.00. The molecule has 0 aromatic heterocycles. The first-order valence-corrected chi connectivity index (χ1v) is 7.60. The van der Waals surface area contributed by atoms with E-state index in [0.717, 1.165) is 12.2 Å². The summed E-state index contributed by atoms with van der Waals surface area (Å²) in [4.78, 5) is 2.48. The molecule has 110 valence electrons. The summed E-state index contributed by atoms with van der Waals surface area (Å²) in [5.74, 6) is -0.154. The van der Waals surface area contributed by atoms with E-state index in [4.69, 9.17) is 0 Å². The molecular weight excluding hydrogens is 263 g/mol. The first-order valence-electron chi connectivity index (χ1n) is 7.60. The van der Waals surface area contributed by atoms with Gasteiger partial charge in [-0.2, -0.15) is 0 Å². The predicted molar refractivity (Wildman–Crippen MR) is 84.7 cm³/mol. The quantitative estimate of drug-likeness (QED) is 0.891. The van der Waals surface area contributed by atoms with Crippen LogP contribution in [0.1, 0.15) is 24.0 Å². The lowest BCUT2D eigenvalue weighted by Crippen LogP contribution is -2.18. The van der Waals surface area contributed by atoms with E-state index in [-0.39, 0.29) is 5.82 Å². The maximum atomic E-state index is 13.6. The Labute approximate surface area is 125 Å². The van der Waals surface area contributed by atoms with Crippen LogP contribution < -0.4 is 5.32 Å². The molecule has 0 bridgehead atoms. The Hall–Kier alpha value is -1.87. The van der Waals surface area contributed by atoms with Crippen molar-refractivity contribution in [2.75, 3.05) is 18.4 Å². The van der Waals surface area contributed by atoms with Crippen molar-refractivity contribution in [3.8, 4) is 0 Å². The van der Waals surface area contributed by atoms with Crippen molar-refractivity contribution in [3.05, 3.63) is 65.5 Å². The van der Waals surface area contributed by atoms with Crippen LogP contribution in [0, 0.1) is 5.82 Å². The minimum atomic E-state index is -0.154. The van der Waals surface area contributed by atoms with Crippen LogP contribution in [0.3, 0.4) is 0 Å². The minimum absolute atomic E-state index is 0.154. The zero-order valence-electron chi connectivity index (χ0n) is 12.2. The molecule has 2 aromatic rings. The van der Waals surface area contributed by atoms with Gasteiger partial charge in [-0.15, -0.1) is 0 Å². The van der Waals surface area contributed by atoms with Gasteiger partial charge in [0.15, 0.2) is 0 Å². The normalized spacial score (nSPS) is 15.3. The van der Waals surface area contributed by atoms with Crippen molar-refractivity contribution in [1.29, 1.82) is 0 Å². The molecule has 0 spiro atoms. The number of anilines is 1. The Morgan fingerprint density at radius 2 is 1.81 bits per heavy atom. The van der Waals surface area contributed by atoms with E-state index in [2.05, 4.69) is 28.4 Å². The summed E-state index contributed by atoms with van der Waals surface area (Å²) in [5.41, 5.74) is 3.06. The van der Waals surface area contributed by atoms with Crippen molar-refractivity contribution in [2.24, 2.45) is 0 Å². The molecule has 2 nitrogen and oxygen atoms in total. The highest BCUT2D eigenvalue weighted by atomic mass is 19.1. The Bertz CT molecular complexity index is 591. The summed E-state index contributed by atoms with van der Waals surface area (Å²) in [6, 6.07) is 15.3. The highest BCUT2D eigenvalue weighted by molar-refractivity contribution is 5.46. The van der Waals surface area contributed by atoms with Gasteiger partial charge in [-0.05, 0) is 49.7 Å². The van der Waals surface area contributed by atoms with Gasteiger partial charge in [0.1, 0.15) is 5.82 Å². The largest absolute Gasteiger partial charge is 0.381 e. The third-order valence-electron chi connectivity index (χ3n) is 3.97. The number of benzene rings is 2. The molecule has 0 atom stereocenters. The van der Waals surface area contributed by atoms with Crippen LogP contribution in [-0.4, -0.2) is 18.0 Å². The topological polar surface area (TPSA) is 15.3 Å². The first-order chi connectivity index (χ1) is 10.3. The molecule has 0 saturated carbocycles. The van der Waals surface area contributed by atoms with Crippen LogP contribution >= 0.6 is 0 Å². The van der Waals surface area contributed by atoms with Crippen LogP contribution in [-0.2, 0) is 13.1 Å². The van der Waals surface area contributed by atoms with Gasteiger partial charge in [0.05, 0.1) is 0 Å². The number of rotatable bonds is 5. The second kappa shape index (κ2) is 6.72. The van der Waals surface area contributed by atoms with E-state index in [0.29, 0.717) is 12.1 Å². The molecule has 2 aromatic carbocycles. The Morgan fingerprint density at radius 1 is 1.00 bits per heavy atom. The van der Waals surface area contributed by atoms with Crippen molar-refractivity contribution < 1.29 is 4.39 Å². The molecule has 1 fully saturated rings. The maximum Gasteiger partial charge on any atom is 0.128 e. The lowest BCUT2D eigenvalue weighted by atomic mass is 10.1. The molecule has 3 rings (SSSR count). The third kappa shape index (κ3) is 3.82. The molecule has 3 heteroatoms.